The van der Waals surface area contributed by atoms with Gasteiger partial charge in [-0.1, -0.05) is 39.7 Å². The third-order valence-electron chi connectivity index (χ3n) is 6.84. The minimum absolute atomic E-state index is 0.0879. The number of rotatable bonds is 16. The Bertz CT molecular complexity index is 1980. The van der Waals surface area contributed by atoms with Gasteiger partial charge in [0.15, 0.2) is 5.75 Å². The maximum absolute atomic E-state index is 13.0. The molecule has 270 valence electrons. The van der Waals surface area contributed by atoms with Gasteiger partial charge in [0.25, 0.3) is 18.2 Å². The van der Waals surface area contributed by atoms with Crippen LogP contribution in [0.3, 0.4) is 0 Å². The van der Waals surface area contributed by atoms with Gasteiger partial charge in [0.2, 0.25) is 0 Å². The molecule has 0 radical (unpaired) electrons. The van der Waals surface area contributed by atoms with Crippen molar-refractivity contribution in [3.05, 3.63) is 137 Å². The summed E-state index contributed by atoms with van der Waals surface area (Å²) in [5.74, 6) is -0.807. The van der Waals surface area contributed by atoms with Crippen molar-refractivity contribution in [2.24, 2.45) is 0 Å². The molecule has 0 saturated heterocycles. The molecule has 1 amide bonds. The number of aromatic carboxylic acids is 1. The Hall–Kier alpha value is -5.91. The Morgan fingerprint density at radius 3 is 1.94 bits per heavy atom. The number of carboxylic acids is 1. The monoisotopic (exact) mass is 748 g/mol. The molecule has 0 spiro atoms. The molecule has 0 aromatic heterocycles. The minimum Gasteiger partial charge on any atom is -0.478 e. The molecule has 0 fully saturated rings. The van der Waals surface area contributed by atoms with Crippen LogP contribution in [0, 0.1) is 13.8 Å². The first kappa shape index (κ1) is 38.9. The maximum atomic E-state index is 13.0. The van der Waals surface area contributed by atoms with Crippen LogP contribution in [0.15, 0.2) is 109 Å². The van der Waals surface area contributed by atoms with E-state index < -0.39 is 23.2 Å². The standard InChI is InChI=1S/C35H30N2O11S2.CH2O/c1-22-3-11-27(12-4-22)44-48-49-45-29-15-17-31(32(20-29)35(39)40)34(38)37-26-9-7-25(8-10-26)36-33-18-16-30(19-24(33)21-43-41)47-50(42)46-28-13-5-23(2)6-14-28;1-2/h3-20,36,41H,21H2,1-2H3,(H,37,38)(H,39,40);1H2. The lowest BCUT2D eigenvalue weighted by Crippen LogP contribution is -2.16. The fourth-order valence-electron chi connectivity index (χ4n) is 4.34. The van der Waals surface area contributed by atoms with Gasteiger partial charge >= 0.3 is 17.3 Å². The normalized spacial score (nSPS) is 10.9. The number of carbonyl (C=O) groups excluding carboxylic acids is 2. The highest BCUT2D eigenvalue weighted by Gasteiger charge is 2.19. The molecular formula is C36H32N2O12S2. The molecule has 1 unspecified atom stereocenters. The van der Waals surface area contributed by atoms with E-state index in [-0.39, 0.29) is 29.2 Å². The van der Waals surface area contributed by atoms with Crippen molar-refractivity contribution in [3.8, 4) is 23.0 Å². The summed E-state index contributed by atoms with van der Waals surface area (Å²) in [5, 5.41) is 24.7. The topological polar surface area (TPSA) is 188 Å². The zero-order valence-corrected chi connectivity index (χ0v) is 29.2. The van der Waals surface area contributed by atoms with E-state index in [1.807, 2.05) is 44.9 Å². The molecular weight excluding hydrogens is 717 g/mol. The summed E-state index contributed by atoms with van der Waals surface area (Å²) >= 11 is -1.64. The summed E-state index contributed by atoms with van der Waals surface area (Å²) in [5.41, 5.74) is 3.74. The third-order valence-corrected chi connectivity index (χ3v) is 7.88. The quantitative estimate of drug-likeness (QED) is 0.0331. The zero-order chi connectivity index (χ0) is 37.5. The number of benzene rings is 5. The van der Waals surface area contributed by atoms with Gasteiger partial charge in [-0.05, 0) is 98.8 Å². The Balaban J connectivity index is 0.00000297. The Kier molecular flexibility index (Phi) is 14.6. The number of aryl methyl sites for hydroxylation is 2. The van der Waals surface area contributed by atoms with E-state index >= 15 is 0 Å². The van der Waals surface area contributed by atoms with E-state index in [0.717, 1.165) is 11.1 Å². The second-order valence-corrected chi connectivity index (χ2v) is 11.7. The molecule has 52 heavy (non-hydrogen) atoms. The highest BCUT2D eigenvalue weighted by atomic mass is 32.2. The Morgan fingerprint density at radius 1 is 0.731 bits per heavy atom. The number of carbonyl (C=O) groups is 3. The molecule has 0 aliphatic heterocycles. The van der Waals surface area contributed by atoms with Crippen molar-refractivity contribution < 1.29 is 55.6 Å². The molecule has 0 aliphatic carbocycles. The molecule has 14 nitrogen and oxygen atoms in total. The van der Waals surface area contributed by atoms with Crippen LogP contribution in [-0.4, -0.2) is 33.2 Å². The second-order valence-electron chi connectivity index (χ2n) is 10.6. The van der Waals surface area contributed by atoms with Crippen LogP contribution in [-0.2, 0) is 32.0 Å². The summed E-state index contributed by atoms with van der Waals surface area (Å²) in [6, 6.07) is 29.4. The molecule has 0 heterocycles. The average Bonchev–Trinajstić information content (AvgIpc) is 3.14. The smallest absolute Gasteiger partial charge is 0.417 e. The number of carboxylic acid groups (broad SMARTS) is 1. The molecule has 4 N–H and O–H groups in total. The summed E-state index contributed by atoms with van der Waals surface area (Å²) in [6.07, 6.45) is 0. The van der Waals surface area contributed by atoms with Crippen LogP contribution < -0.4 is 28.1 Å². The van der Waals surface area contributed by atoms with Gasteiger partial charge in [-0.3, -0.25) is 10.1 Å². The van der Waals surface area contributed by atoms with Gasteiger partial charge in [-0.15, -0.1) is 0 Å². The summed E-state index contributed by atoms with van der Waals surface area (Å²) in [6.45, 7) is 5.65. The Labute approximate surface area is 305 Å². The number of hydrogen-bond acceptors (Lipinski definition) is 13. The predicted molar refractivity (Wildman–Crippen MR) is 194 cm³/mol. The summed E-state index contributed by atoms with van der Waals surface area (Å²) < 4.78 is 33.4. The molecule has 5 aromatic rings. The molecule has 1 atom stereocenters. The SMILES string of the molecule is C=O.Cc1ccc(OOSOc2ccc(C(=O)Nc3ccc(Nc4ccc(OS(=O)Oc5ccc(C)cc5)cc4COO)cc3)c(C(=O)O)c2)cc1. The van der Waals surface area contributed by atoms with Gasteiger partial charge in [0, 0.05) is 22.6 Å². The number of hydrogen-bond donors (Lipinski definition) is 4. The number of nitrogens with one attached hydrogen (secondary N) is 2. The van der Waals surface area contributed by atoms with Gasteiger partial charge < -0.3 is 38.0 Å². The van der Waals surface area contributed by atoms with Crippen molar-refractivity contribution >= 4 is 59.4 Å². The highest BCUT2D eigenvalue weighted by molar-refractivity contribution is 7.90. The van der Waals surface area contributed by atoms with Crippen LogP contribution in [0.2, 0.25) is 0 Å². The molecule has 0 aliphatic rings. The van der Waals surface area contributed by atoms with Crippen LogP contribution in [0.4, 0.5) is 17.1 Å². The van der Waals surface area contributed by atoms with E-state index in [2.05, 4.69) is 15.5 Å². The van der Waals surface area contributed by atoms with Crippen molar-refractivity contribution in [2.75, 3.05) is 10.6 Å². The first-order chi connectivity index (χ1) is 25.2. The van der Waals surface area contributed by atoms with E-state index in [9.17, 15) is 18.9 Å². The predicted octanol–water partition coefficient (Wildman–Crippen LogP) is 7.79. The van der Waals surface area contributed by atoms with Gasteiger partial charge in [0.05, 0.1) is 11.1 Å². The van der Waals surface area contributed by atoms with E-state index in [4.69, 9.17) is 31.8 Å². The maximum Gasteiger partial charge on any atom is 0.417 e. The van der Waals surface area contributed by atoms with Gasteiger partial charge in [0.1, 0.15) is 30.6 Å². The Morgan fingerprint density at radius 2 is 1.31 bits per heavy atom. The number of amides is 1. The van der Waals surface area contributed by atoms with E-state index in [1.165, 1.54) is 24.3 Å². The molecule has 5 aromatic carbocycles. The van der Waals surface area contributed by atoms with Crippen LogP contribution in [0.5, 0.6) is 23.0 Å². The minimum atomic E-state index is -2.13. The van der Waals surface area contributed by atoms with E-state index in [0.29, 0.717) is 46.4 Å². The fraction of sp³-hybridized carbons (Fsp3) is 0.0833. The van der Waals surface area contributed by atoms with Crippen LogP contribution in [0.1, 0.15) is 37.4 Å². The number of anilines is 3. The van der Waals surface area contributed by atoms with Gasteiger partial charge in [-0.25, -0.2) is 9.68 Å². The van der Waals surface area contributed by atoms with Gasteiger partial charge in [-0.2, -0.15) is 4.21 Å². The lowest BCUT2D eigenvalue weighted by Gasteiger charge is -2.14. The fourth-order valence-corrected chi connectivity index (χ4v) is 5.22. The molecule has 0 saturated carbocycles. The molecule has 0 bridgehead atoms. The first-order valence-corrected chi connectivity index (χ1v) is 16.7. The highest BCUT2D eigenvalue weighted by Crippen LogP contribution is 2.29. The third kappa shape index (κ3) is 11.6. The summed E-state index contributed by atoms with van der Waals surface area (Å²) in [7, 11) is 0. The second kappa shape index (κ2) is 19.5. The lowest BCUT2D eigenvalue weighted by molar-refractivity contribution is -0.252. The largest absolute Gasteiger partial charge is 0.478 e. The first-order valence-electron chi connectivity index (χ1n) is 15.0. The summed E-state index contributed by atoms with van der Waals surface area (Å²) in [4.78, 5) is 42.5. The lowest BCUT2D eigenvalue weighted by atomic mass is 10.1. The van der Waals surface area contributed by atoms with Crippen molar-refractivity contribution in [1.82, 2.24) is 0 Å². The van der Waals surface area contributed by atoms with Crippen molar-refractivity contribution in [1.29, 1.82) is 0 Å². The van der Waals surface area contributed by atoms with E-state index in [1.54, 1.807) is 60.7 Å². The zero-order valence-electron chi connectivity index (χ0n) is 27.6. The van der Waals surface area contributed by atoms with Crippen LogP contribution in [0.25, 0.3) is 0 Å². The molecule has 5 rings (SSSR count). The molecule has 16 heteroatoms. The van der Waals surface area contributed by atoms with Crippen molar-refractivity contribution in [2.45, 2.75) is 20.5 Å². The van der Waals surface area contributed by atoms with Crippen LogP contribution >= 0.6 is 12.3 Å². The van der Waals surface area contributed by atoms with Crippen molar-refractivity contribution in [3.63, 3.8) is 0 Å². The average molecular weight is 749 g/mol.